The van der Waals surface area contributed by atoms with Gasteiger partial charge in [0.25, 0.3) is 0 Å². The highest BCUT2D eigenvalue weighted by atomic mass is 16.4. The molecule has 0 aliphatic heterocycles. The first-order valence-corrected chi connectivity index (χ1v) is 17.5. The van der Waals surface area contributed by atoms with Gasteiger partial charge in [-0.1, -0.05) is 155 Å². The molecule has 3 N–H and O–H groups in total. The molecule has 1 atom stereocenters. The molecule has 0 aliphatic carbocycles. The first kappa shape index (κ1) is 41.7. The van der Waals surface area contributed by atoms with E-state index in [0.717, 1.165) is 33.1 Å². The second-order valence-electron chi connectivity index (χ2n) is 12.6. The van der Waals surface area contributed by atoms with E-state index in [4.69, 9.17) is 0 Å². The second-order valence-corrected chi connectivity index (χ2v) is 12.6. The van der Waals surface area contributed by atoms with Crippen molar-refractivity contribution in [3.63, 3.8) is 0 Å². The molecule has 0 saturated heterocycles. The zero-order valence-corrected chi connectivity index (χ0v) is 28.1. The van der Waals surface area contributed by atoms with Gasteiger partial charge < -0.3 is 15.3 Å². The summed E-state index contributed by atoms with van der Waals surface area (Å²) in [6.07, 6.45) is 28.3. The van der Waals surface area contributed by atoms with Crippen molar-refractivity contribution in [3.8, 4) is 0 Å². The largest absolute Gasteiger partial charge is 0.480 e. The Balaban J connectivity index is 4.07. The maximum atomic E-state index is 12.3. The van der Waals surface area contributed by atoms with Gasteiger partial charge in [-0.05, 0) is 20.3 Å². The monoisotopic (exact) mass is 625 g/mol. The lowest BCUT2D eigenvalue weighted by Gasteiger charge is -2.39. The van der Waals surface area contributed by atoms with Crippen LogP contribution in [0.15, 0.2) is 0 Å². The molecule has 0 bridgehead atoms. The number of nitrogens with zero attached hydrogens (tertiary/aromatic N) is 1. The van der Waals surface area contributed by atoms with Gasteiger partial charge in [-0.25, -0.2) is 4.79 Å². The van der Waals surface area contributed by atoms with Crippen molar-refractivity contribution in [3.05, 3.63) is 0 Å². The molecular formula is C35H63NO8. The van der Waals surface area contributed by atoms with Crippen LogP contribution < -0.4 is 0 Å². The number of Topliss-reactive ketones (excluding diaryl/α,β-unsaturated/α-hetero) is 2. The van der Waals surface area contributed by atoms with Crippen molar-refractivity contribution in [1.82, 2.24) is 4.90 Å². The molecule has 0 amide bonds. The molecule has 0 aromatic carbocycles. The fraction of sp³-hybridized carbons (Fsp3) is 0.857. The van der Waals surface area contributed by atoms with Crippen molar-refractivity contribution in [2.24, 2.45) is 0 Å². The number of unbranched alkanes of at least 4 members (excludes halogenated alkanes) is 22. The van der Waals surface area contributed by atoms with Crippen molar-refractivity contribution in [2.75, 3.05) is 6.54 Å². The van der Waals surface area contributed by atoms with Crippen molar-refractivity contribution < 1.29 is 39.3 Å². The van der Waals surface area contributed by atoms with E-state index in [1.807, 2.05) is 0 Å². The van der Waals surface area contributed by atoms with E-state index in [1.54, 1.807) is 0 Å². The molecule has 0 saturated carbocycles. The molecule has 0 radical (unpaired) electrons. The Hall–Kier alpha value is -2.29. The normalized spacial score (nSPS) is 12.4. The number of hydrogen-bond donors (Lipinski definition) is 3. The third-order valence-corrected chi connectivity index (χ3v) is 8.81. The molecule has 0 fully saturated rings. The van der Waals surface area contributed by atoms with E-state index in [-0.39, 0.29) is 6.42 Å². The SMILES string of the molecule is CCCCCCCCCCCCCCCCCCCCCCCCCC(C(=O)O)N(CC(=O)O)C(C(C)=O)(C(C)=O)C(=O)O. The first-order chi connectivity index (χ1) is 21.0. The molecule has 0 heterocycles. The zero-order valence-electron chi connectivity index (χ0n) is 28.1. The van der Waals surface area contributed by atoms with Gasteiger partial charge in [-0.15, -0.1) is 0 Å². The smallest absolute Gasteiger partial charge is 0.339 e. The number of hydrogen-bond acceptors (Lipinski definition) is 6. The number of carbonyl (C=O) groups excluding carboxylic acids is 2. The molecule has 0 aromatic heterocycles. The van der Waals surface area contributed by atoms with Crippen LogP contribution in [0.3, 0.4) is 0 Å². The molecule has 0 aliphatic rings. The van der Waals surface area contributed by atoms with E-state index in [1.165, 1.54) is 116 Å². The Morgan fingerprint density at radius 2 is 0.818 bits per heavy atom. The number of carboxylic acids is 3. The molecule has 256 valence electrons. The highest BCUT2D eigenvalue weighted by Gasteiger charge is 2.57. The summed E-state index contributed by atoms with van der Waals surface area (Å²) in [5.41, 5.74) is -2.85. The lowest BCUT2D eigenvalue weighted by atomic mass is 9.85. The average molecular weight is 626 g/mol. The van der Waals surface area contributed by atoms with Crippen LogP contribution in [0.1, 0.15) is 175 Å². The van der Waals surface area contributed by atoms with E-state index >= 15 is 0 Å². The summed E-state index contributed by atoms with van der Waals surface area (Å²) in [7, 11) is 0. The summed E-state index contributed by atoms with van der Waals surface area (Å²) in [4.78, 5) is 60.8. The van der Waals surface area contributed by atoms with Crippen molar-refractivity contribution in [2.45, 2.75) is 186 Å². The predicted molar refractivity (Wildman–Crippen MR) is 174 cm³/mol. The lowest BCUT2D eigenvalue weighted by molar-refractivity contribution is -0.168. The highest BCUT2D eigenvalue weighted by Crippen LogP contribution is 2.26. The van der Waals surface area contributed by atoms with Crippen LogP contribution in [0.25, 0.3) is 0 Å². The molecule has 0 rings (SSSR count). The van der Waals surface area contributed by atoms with E-state index in [9.17, 15) is 39.3 Å². The lowest BCUT2D eigenvalue weighted by Crippen LogP contribution is -2.68. The highest BCUT2D eigenvalue weighted by molar-refractivity contribution is 6.26. The summed E-state index contributed by atoms with van der Waals surface area (Å²) >= 11 is 0. The van der Waals surface area contributed by atoms with Crippen LogP contribution in [0.2, 0.25) is 0 Å². The average Bonchev–Trinajstić information content (AvgIpc) is 2.94. The van der Waals surface area contributed by atoms with Gasteiger partial charge in [0.15, 0.2) is 11.6 Å². The maximum absolute atomic E-state index is 12.3. The van der Waals surface area contributed by atoms with Gasteiger partial charge in [-0.3, -0.25) is 24.1 Å². The second kappa shape index (κ2) is 26.0. The minimum Gasteiger partial charge on any atom is -0.480 e. The summed E-state index contributed by atoms with van der Waals surface area (Å²) in [5.74, 6) is -7.08. The van der Waals surface area contributed by atoms with Gasteiger partial charge in [0.1, 0.15) is 6.04 Å². The number of aliphatic carboxylic acids is 3. The Morgan fingerprint density at radius 3 is 1.05 bits per heavy atom. The summed E-state index contributed by atoms with van der Waals surface area (Å²) < 4.78 is 0. The number of carboxylic acid groups (broad SMARTS) is 3. The van der Waals surface area contributed by atoms with E-state index < -0.39 is 47.6 Å². The van der Waals surface area contributed by atoms with Crippen molar-refractivity contribution in [1.29, 1.82) is 0 Å². The standard InChI is InChI=1S/C35H63NO8/c1-4-5-6-7-8-9-10-11-12-13-14-15-16-17-18-19-20-21-22-23-24-25-26-27-31(33(41)42)36(28-32(39)40)35(29(2)37,30(3)38)34(43)44/h31H,4-28H2,1-3H3,(H,39,40)(H,41,42)(H,43,44). The van der Waals surface area contributed by atoms with Crippen LogP contribution >= 0.6 is 0 Å². The van der Waals surface area contributed by atoms with Gasteiger partial charge in [0, 0.05) is 0 Å². The molecule has 9 heteroatoms. The Kier molecular flexibility index (Phi) is 24.6. The first-order valence-electron chi connectivity index (χ1n) is 17.5. The summed E-state index contributed by atoms with van der Waals surface area (Å²) in [6.45, 7) is 2.94. The molecule has 0 aromatic rings. The van der Waals surface area contributed by atoms with Crippen LogP contribution in [-0.2, 0) is 24.0 Å². The van der Waals surface area contributed by atoms with Crippen LogP contribution in [-0.4, -0.2) is 67.8 Å². The summed E-state index contributed by atoms with van der Waals surface area (Å²) in [5, 5.41) is 28.9. The fourth-order valence-electron chi connectivity index (χ4n) is 6.22. The van der Waals surface area contributed by atoms with Crippen LogP contribution in [0.4, 0.5) is 0 Å². The molecule has 9 nitrogen and oxygen atoms in total. The van der Waals surface area contributed by atoms with Crippen LogP contribution in [0, 0.1) is 0 Å². The molecular weight excluding hydrogens is 562 g/mol. The van der Waals surface area contributed by atoms with Gasteiger partial charge >= 0.3 is 17.9 Å². The van der Waals surface area contributed by atoms with Gasteiger partial charge in [0.05, 0.1) is 6.54 Å². The maximum Gasteiger partial charge on any atom is 0.339 e. The Morgan fingerprint density at radius 1 is 0.523 bits per heavy atom. The topological polar surface area (TPSA) is 149 Å². The Bertz CT molecular complexity index is 792. The Labute approximate surface area is 266 Å². The third kappa shape index (κ3) is 17.3. The van der Waals surface area contributed by atoms with Gasteiger partial charge in [-0.2, -0.15) is 0 Å². The number of carbonyl (C=O) groups is 5. The van der Waals surface area contributed by atoms with Crippen molar-refractivity contribution >= 4 is 29.5 Å². The molecule has 44 heavy (non-hydrogen) atoms. The minimum atomic E-state index is -2.85. The third-order valence-electron chi connectivity index (χ3n) is 8.81. The predicted octanol–water partition coefficient (Wildman–Crippen LogP) is 8.21. The number of rotatable bonds is 32. The fourth-order valence-corrected chi connectivity index (χ4v) is 6.22. The molecule has 1 unspecified atom stereocenters. The van der Waals surface area contributed by atoms with Crippen LogP contribution in [0.5, 0.6) is 0 Å². The van der Waals surface area contributed by atoms with Gasteiger partial charge in [0.2, 0.25) is 5.54 Å². The quantitative estimate of drug-likeness (QED) is 0.0496. The minimum absolute atomic E-state index is 0.0581. The zero-order chi connectivity index (χ0) is 33.2. The summed E-state index contributed by atoms with van der Waals surface area (Å²) in [6, 6.07) is -1.59. The van der Waals surface area contributed by atoms with E-state index in [2.05, 4.69) is 6.92 Å². The molecule has 0 spiro atoms. The number of ketones is 2. The van der Waals surface area contributed by atoms with E-state index in [0.29, 0.717) is 17.7 Å².